The molecular weight excluding hydrogens is 520 g/mol. The van der Waals surface area contributed by atoms with Gasteiger partial charge >= 0.3 is 0 Å². The van der Waals surface area contributed by atoms with Crippen LogP contribution in [0.5, 0.6) is 0 Å². The van der Waals surface area contributed by atoms with Crippen LogP contribution in [0.4, 0.5) is 11.4 Å². The molecule has 1 amide bonds. The number of halogens is 2. The van der Waals surface area contributed by atoms with Crippen molar-refractivity contribution in [3.8, 4) is 0 Å². The lowest BCUT2D eigenvalue weighted by atomic mass is 10.2. The highest BCUT2D eigenvalue weighted by Gasteiger charge is 2.22. The number of rotatable bonds is 5. The monoisotopic (exact) mass is 534 g/mol. The summed E-state index contributed by atoms with van der Waals surface area (Å²) in [5.41, 5.74) is 1.04. The molecule has 0 aliphatic heterocycles. The molecule has 0 atom stereocenters. The number of thiophene rings is 1. The molecule has 0 radical (unpaired) electrons. The summed E-state index contributed by atoms with van der Waals surface area (Å²) >= 11 is 10.8. The van der Waals surface area contributed by atoms with E-state index in [0.29, 0.717) is 21.3 Å². The summed E-state index contributed by atoms with van der Waals surface area (Å²) in [6, 6.07) is 20.5. The number of anilines is 2. The standard InChI is InChI=1S/C22H16BrClN2O3S2/c1-26(31(28,29)17-9-6-15(23)7-10-17)16-8-11-20-14(12-16)13-21(30-20)22(27)25-19-5-3-2-4-18(19)24/h2-13H,1H3,(H,25,27). The van der Waals surface area contributed by atoms with Crippen LogP contribution >= 0.6 is 38.9 Å². The number of carbonyl (C=O) groups is 1. The number of hydrogen-bond donors (Lipinski definition) is 1. The minimum absolute atomic E-state index is 0.198. The van der Waals surface area contributed by atoms with Crippen molar-refractivity contribution in [1.82, 2.24) is 0 Å². The fourth-order valence-electron chi connectivity index (χ4n) is 2.99. The number of nitrogens with zero attached hydrogens (tertiary/aromatic N) is 1. The van der Waals surface area contributed by atoms with Gasteiger partial charge < -0.3 is 5.32 Å². The van der Waals surface area contributed by atoms with Crippen molar-refractivity contribution in [2.24, 2.45) is 0 Å². The molecule has 1 N–H and O–H groups in total. The Morgan fingerprint density at radius 2 is 1.74 bits per heavy atom. The molecule has 0 aliphatic rings. The molecule has 31 heavy (non-hydrogen) atoms. The lowest BCUT2D eigenvalue weighted by molar-refractivity contribution is 0.103. The van der Waals surface area contributed by atoms with Crippen LogP contribution in [0.25, 0.3) is 10.1 Å². The Kier molecular flexibility index (Phi) is 6.07. The van der Waals surface area contributed by atoms with E-state index in [9.17, 15) is 13.2 Å². The van der Waals surface area contributed by atoms with E-state index in [0.717, 1.165) is 14.6 Å². The van der Waals surface area contributed by atoms with E-state index in [2.05, 4.69) is 21.2 Å². The average molecular weight is 536 g/mol. The van der Waals surface area contributed by atoms with Crippen LogP contribution in [-0.2, 0) is 10.0 Å². The number of sulfonamides is 1. The number of hydrogen-bond acceptors (Lipinski definition) is 4. The first-order valence-electron chi connectivity index (χ1n) is 9.10. The Hall–Kier alpha value is -2.39. The van der Waals surface area contributed by atoms with Gasteiger partial charge in [-0.3, -0.25) is 9.10 Å². The second-order valence-electron chi connectivity index (χ2n) is 6.69. The predicted octanol–water partition coefficient (Wildman–Crippen LogP) is 6.39. The fraction of sp³-hybridized carbons (Fsp3) is 0.0455. The van der Waals surface area contributed by atoms with Gasteiger partial charge in [0.2, 0.25) is 0 Å². The molecule has 1 heterocycles. The number of nitrogens with one attached hydrogen (secondary N) is 1. The summed E-state index contributed by atoms with van der Waals surface area (Å²) in [5.74, 6) is -0.272. The molecule has 0 saturated carbocycles. The molecule has 0 unspecified atom stereocenters. The fourth-order valence-corrected chi connectivity index (χ4v) is 5.56. The Balaban J connectivity index is 1.62. The van der Waals surface area contributed by atoms with Crippen molar-refractivity contribution < 1.29 is 13.2 Å². The van der Waals surface area contributed by atoms with Gasteiger partial charge in [-0.1, -0.05) is 39.7 Å². The molecule has 0 fully saturated rings. The summed E-state index contributed by atoms with van der Waals surface area (Å²) in [4.78, 5) is 13.4. The third kappa shape index (κ3) is 4.48. The van der Waals surface area contributed by atoms with E-state index in [1.807, 2.05) is 6.07 Å². The first-order valence-corrected chi connectivity index (χ1v) is 12.5. The molecule has 0 spiro atoms. The van der Waals surface area contributed by atoms with Crippen LogP contribution in [0.1, 0.15) is 9.67 Å². The summed E-state index contributed by atoms with van der Waals surface area (Å²) < 4.78 is 28.8. The van der Waals surface area contributed by atoms with Crippen molar-refractivity contribution >= 4 is 76.3 Å². The minimum Gasteiger partial charge on any atom is -0.320 e. The largest absolute Gasteiger partial charge is 0.320 e. The van der Waals surface area contributed by atoms with Crippen LogP contribution in [0.3, 0.4) is 0 Å². The van der Waals surface area contributed by atoms with Crippen LogP contribution in [0.2, 0.25) is 5.02 Å². The van der Waals surface area contributed by atoms with E-state index in [1.165, 1.54) is 22.7 Å². The highest BCUT2D eigenvalue weighted by Crippen LogP contribution is 2.32. The van der Waals surface area contributed by atoms with Gasteiger partial charge in [-0.2, -0.15) is 0 Å². The van der Waals surface area contributed by atoms with Gasteiger partial charge in [-0.05, 0) is 66.0 Å². The zero-order valence-corrected chi connectivity index (χ0v) is 20.1. The highest BCUT2D eigenvalue weighted by molar-refractivity contribution is 9.10. The molecule has 0 aliphatic carbocycles. The Morgan fingerprint density at radius 3 is 2.45 bits per heavy atom. The van der Waals surface area contributed by atoms with Crippen molar-refractivity contribution in [3.05, 3.63) is 87.2 Å². The molecule has 9 heteroatoms. The lowest BCUT2D eigenvalue weighted by Crippen LogP contribution is -2.26. The topological polar surface area (TPSA) is 66.5 Å². The SMILES string of the molecule is CN(c1ccc2sc(C(=O)Nc3ccccc3Cl)cc2c1)S(=O)(=O)c1ccc(Br)cc1. The Morgan fingerprint density at radius 1 is 1.03 bits per heavy atom. The van der Waals surface area contributed by atoms with Crippen LogP contribution in [-0.4, -0.2) is 21.4 Å². The zero-order chi connectivity index (χ0) is 22.2. The van der Waals surface area contributed by atoms with E-state index in [4.69, 9.17) is 11.6 Å². The van der Waals surface area contributed by atoms with Crippen LogP contribution in [0.15, 0.2) is 82.2 Å². The van der Waals surface area contributed by atoms with Crippen molar-refractivity contribution in [2.75, 3.05) is 16.7 Å². The molecule has 4 rings (SSSR count). The van der Waals surface area contributed by atoms with E-state index < -0.39 is 10.0 Å². The normalized spacial score (nSPS) is 11.5. The lowest BCUT2D eigenvalue weighted by Gasteiger charge is -2.19. The maximum absolute atomic E-state index is 13.0. The van der Waals surface area contributed by atoms with Gasteiger partial charge in [-0.15, -0.1) is 11.3 Å². The molecule has 0 saturated heterocycles. The van der Waals surface area contributed by atoms with E-state index in [1.54, 1.807) is 66.7 Å². The van der Waals surface area contributed by atoms with Crippen LogP contribution in [0, 0.1) is 0 Å². The van der Waals surface area contributed by atoms with Gasteiger partial charge in [0.05, 0.1) is 26.2 Å². The third-order valence-electron chi connectivity index (χ3n) is 4.68. The summed E-state index contributed by atoms with van der Waals surface area (Å²) in [7, 11) is -2.20. The van der Waals surface area contributed by atoms with Gasteiger partial charge in [0.15, 0.2) is 0 Å². The molecule has 5 nitrogen and oxygen atoms in total. The summed E-state index contributed by atoms with van der Waals surface area (Å²) in [6.45, 7) is 0. The molecule has 1 aromatic heterocycles. The molecule has 4 aromatic rings. The van der Waals surface area contributed by atoms with Crippen molar-refractivity contribution in [2.45, 2.75) is 4.90 Å². The smallest absolute Gasteiger partial charge is 0.265 e. The molecule has 0 bridgehead atoms. The summed E-state index contributed by atoms with van der Waals surface area (Å²) in [5, 5.41) is 4.04. The number of para-hydroxylation sites is 1. The van der Waals surface area contributed by atoms with Crippen molar-refractivity contribution in [3.63, 3.8) is 0 Å². The quantitative estimate of drug-likeness (QED) is 0.322. The highest BCUT2D eigenvalue weighted by atomic mass is 79.9. The maximum atomic E-state index is 13.0. The number of benzene rings is 3. The predicted molar refractivity (Wildman–Crippen MR) is 131 cm³/mol. The Labute approximate surface area is 197 Å². The molecular formula is C22H16BrClN2O3S2. The van der Waals surface area contributed by atoms with Gasteiger partial charge in [-0.25, -0.2) is 8.42 Å². The molecule has 3 aromatic carbocycles. The number of amides is 1. The van der Waals surface area contributed by atoms with Gasteiger partial charge in [0.1, 0.15) is 0 Å². The first-order chi connectivity index (χ1) is 14.8. The van der Waals surface area contributed by atoms with Crippen LogP contribution < -0.4 is 9.62 Å². The zero-order valence-electron chi connectivity index (χ0n) is 16.2. The average Bonchev–Trinajstić information content (AvgIpc) is 3.18. The first kappa shape index (κ1) is 21.8. The minimum atomic E-state index is -3.71. The maximum Gasteiger partial charge on any atom is 0.265 e. The van der Waals surface area contributed by atoms with E-state index >= 15 is 0 Å². The number of carbonyl (C=O) groups excluding carboxylic acids is 1. The van der Waals surface area contributed by atoms with E-state index in [-0.39, 0.29) is 10.8 Å². The second-order valence-corrected chi connectivity index (χ2v) is 11.1. The Bertz CT molecular complexity index is 1390. The van der Waals surface area contributed by atoms with Gasteiger partial charge in [0.25, 0.3) is 15.9 Å². The second kappa shape index (κ2) is 8.63. The third-order valence-corrected chi connectivity index (χ3v) is 8.45. The molecule has 158 valence electrons. The number of fused-ring (bicyclic) bond motifs is 1. The van der Waals surface area contributed by atoms with Gasteiger partial charge in [0, 0.05) is 16.2 Å². The van der Waals surface area contributed by atoms with Crippen molar-refractivity contribution in [1.29, 1.82) is 0 Å². The summed E-state index contributed by atoms with van der Waals surface area (Å²) in [6.07, 6.45) is 0.